The van der Waals surface area contributed by atoms with Crippen LogP contribution in [-0.4, -0.2) is 50.9 Å². The summed E-state index contributed by atoms with van der Waals surface area (Å²) in [5.74, 6) is -0.0492. The quantitative estimate of drug-likeness (QED) is 0.614. The number of thiocarbonyl (C=S) groups is 1. The lowest BCUT2D eigenvalue weighted by Gasteiger charge is -2.19. The lowest BCUT2D eigenvalue weighted by atomic mass is 10.1. The number of nitrogens with one attached hydrogen (secondary N) is 1. The highest BCUT2D eigenvalue weighted by molar-refractivity contribution is 7.80. The highest BCUT2D eigenvalue weighted by Crippen LogP contribution is 2.25. The van der Waals surface area contributed by atoms with Gasteiger partial charge in [-0.2, -0.15) is 0 Å². The summed E-state index contributed by atoms with van der Waals surface area (Å²) in [6.07, 6.45) is 3.73. The molecule has 1 saturated heterocycles. The second-order valence-electron chi connectivity index (χ2n) is 6.33. The van der Waals surface area contributed by atoms with Crippen LogP contribution in [0.2, 0.25) is 0 Å². The van der Waals surface area contributed by atoms with Crippen LogP contribution in [0.3, 0.4) is 0 Å². The Balaban J connectivity index is 1.98. The molecule has 1 aliphatic rings. The first-order valence-corrected chi connectivity index (χ1v) is 9.61. The molecule has 1 aliphatic heterocycles. The van der Waals surface area contributed by atoms with Gasteiger partial charge in [-0.15, -0.1) is 0 Å². The molecule has 0 atom stereocenters. The highest BCUT2D eigenvalue weighted by Gasteiger charge is 2.29. The number of likely N-dealkylation sites (N-methyl/N-ethyl adjacent to an activating group) is 2. The minimum atomic E-state index is -0.126. The normalized spacial score (nSPS) is 15.7. The van der Waals surface area contributed by atoms with Gasteiger partial charge in [-0.25, -0.2) is 0 Å². The molecule has 0 aliphatic carbocycles. The zero-order valence-corrected chi connectivity index (χ0v) is 16.7. The van der Waals surface area contributed by atoms with Crippen LogP contribution in [0.4, 0.5) is 0 Å². The molecule has 1 fully saturated rings. The number of hydrogen-bond donors (Lipinski definition) is 1. The molecular formula is C20H24N4O2S. The van der Waals surface area contributed by atoms with Crippen LogP contribution >= 0.6 is 12.2 Å². The Morgan fingerprint density at radius 1 is 1.22 bits per heavy atom. The van der Waals surface area contributed by atoms with Gasteiger partial charge < -0.3 is 14.8 Å². The number of rotatable bonds is 6. The molecule has 0 radical (unpaired) electrons. The van der Waals surface area contributed by atoms with E-state index in [1.807, 2.05) is 66.8 Å². The van der Waals surface area contributed by atoms with Crippen molar-refractivity contribution >= 4 is 46.1 Å². The first-order valence-electron chi connectivity index (χ1n) is 9.20. The number of aromatic nitrogens is 1. The fourth-order valence-electron chi connectivity index (χ4n) is 3.36. The van der Waals surface area contributed by atoms with Gasteiger partial charge in [-0.1, -0.05) is 18.2 Å². The van der Waals surface area contributed by atoms with Gasteiger partial charge >= 0.3 is 0 Å². The number of carbonyl (C=O) groups excluding carboxylic acids is 2. The minimum absolute atomic E-state index is 0.0772. The van der Waals surface area contributed by atoms with Crippen molar-refractivity contribution in [2.24, 2.45) is 0 Å². The first kappa shape index (κ1) is 19.1. The van der Waals surface area contributed by atoms with Crippen molar-refractivity contribution in [3.05, 3.63) is 41.7 Å². The maximum Gasteiger partial charge on any atom is 0.276 e. The third kappa shape index (κ3) is 3.60. The average molecular weight is 385 g/mol. The van der Waals surface area contributed by atoms with Crippen LogP contribution in [0.5, 0.6) is 0 Å². The van der Waals surface area contributed by atoms with Crippen molar-refractivity contribution in [3.63, 3.8) is 0 Å². The van der Waals surface area contributed by atoms with Crippen LogP contribution in [-0.2, 0) is 16.1 Å². The Labute approximate surface area is 164 Å². The lowest BCUT2D eigenvalue weighted by molar-refractivity contribution is -0.131. The smallest absolute Gasteiger partial charge is 0.276 e. The van der Waals surface area contributed by atoms with E-state index in [0.717, 1.165) is 16.5 Å². The summed E-state index contributed by atoms with van der Waals surface area (Å²) in [5, 5.41) is 4.41. The summed E-state index contributed by atoms with van der Waals surface area (Å²) in [6, 6.07) is 7.88. The molecule has 0 bridgehead atoms. The van der Waals surface area contributed by atoms with E-state index in [4.69, 9.17) is 12.2 Å². The van der Waals surface area contributed by atoms with Crippen molar-refractivity contribution < 1.29 is 9.59 Å². The van der Waals surface area contributed by atoms with E-state index in [0.29, 0.717) is 30.4 Å². The van der Waals surface area contributed by atoms with Crippen LogP contribution < -0.4 is 5.32 Å². The Morgan fingerprint density at radius 3 is 2.56 bits per heavy atom. The highest BCUT2D eigenvalue weighted by atomic mass is 32.1. The summed E-state index contributed by atoms with van der Waals surface area (Å²) in [7, 11) is 0. The average Bonchev–Trinajstić information content (AvgIpc) is 3.13. The SMILES string of the molecule is CCN(CC)C(=O)Cn1cc(/C=C2\NC(=S)N(CC)C2=O)c2ccccc21. The third-order valence-corrected chi connectivity index (χ3v) is 5.14. The van der Waals surface area contributed by atoms with Crippen LogP contribution in [0.1, 0.15) is 26.3 Å². The molecule has 27 heavy (non-hydrogen) atoms. The molecule has 6 nitrogen and oxygen atoms in total. The summed E-state index contributed by atoms with van der Waals surface area (Å²) in [6.45, 7) is 8.02. The van der Waals surface area contributed by atoms with Crippen molar-refractivity contribution in [2.45, 2.75) is 27.3 Å². The molecular weight excluding hydrogens is 360 g/mol. The Bertz CT molecular complexity index is 927. The third-order valence-electron chi connectivity index (χ3n) is 4.82. The number of carbonyl (C=O) groups is 2. The van der Waals surface area contributed by atoms with E-state index in [1.54, 1.807) is 0 Å². The Morgan fingerprint density at radius 2 is 1.93 bits per heavy atom. The summed E-state index contributed by atoms with van der Waals surface area (Å²) >= 11 is 5.22. The molecule has 0 saturated carbocycles. The summed E-state index contributed by atoms with van der Waals surface area (Å²) < 4.78 is 1.94. The topological polar surface area (TPSA) is 57.6 Å². The van der Waals surface area contributed by atoms with Gasteiger partial charge in [0, 0.05) is 42.3 Å². The standard InChI is InChI=1S/C20H24N4O2S/c1-4-22(5-2)18(25)13-23-12-14(15-9-7-8-10-17(15)23)11-16-19(26)24(6-3)20(27)21-16/h7-12H,4-6,13H2,1-3H3,(H,21,27)/b16-11-. The van der Waals surface area contributed by atoms with Crippen molar-refractivity contribution in [3.8, 4) is 0 Å². The molecule has 2 amide bonds. The van der Waals surface area contributed by atoms with Gasteiger partial charge in [0.15, 0.2) is 5.11 Å². The molecule has 142 valence electrons. The monoisotopic (exact) mass is 384 g/mol. The molecule has 2 aromatic rings. The number of para-hydroxylation sites is 1. The molecule has 0 spiro atoms. The molecule has 0 unspecified atom stereocenters. The number of amides is 2. The van der Waals surface area contributed by atoms with Gasteiger partial charge in [0.25, 0.3) is 5.91 Å². The second kappa shape index (κ2) is 7.92. The van der Waals surface area contributed by atoms with Crippen molar-refractivity contribution in [1.82, 2.24) is 19.7 Å². The molecule has 1 N–H and O–H groups in total. The number of fused-ring (bicyclic) bond motifs is 1. The fourth-order valence-corrected chi connectivity index (χ4v) is 3.68. The zero-order chi connectivity index (χ0) is 19.6. The van der Waals surface area contributed by atoms with Crippen LogP contribution in [0.15, 0.2) is 36.2 Å². The fraction of sp³-hybridized carbons (Fsp3) is 0.350. The number of nitrogens with zero attached hydrogens (tertiary/aromatic N) is 3. The number of hydrogen-bond acceptors (Lipinski definition) is 3. The minimum Gasteiger partial charge on any atom is -0.342 e. The maximum atomic E-state index is 12.5. The van der Waals surface area contributed by atoms with Gasteiger partial charge in [0.2, 0.25) is 5.91 Å². The van der Waals surface area contributed by atoms with E-state index in [1.165, 1.54) is 4.90 Å². The van der Waals surface area contributed by atoms with Crippen molar-refractivity contribution in [1.29, 1.82) is 0 Å². The first-order chi connectivity index (χ1) is 13.0. The van der Waals surface area contributed by atoms with Crippen LogP contribution in [0.25, 0.3) is 17.0 Å². The molecule has 2 heterocycles. The Hall–Kier alpha value is -2.67. The van der Waals surface area contributed by atoms with Crippen LogP contribution in [0, 0.1) is 0 Å². The number of benzene rings is 1. The zero-order valence-electron chi connectivity index (χ0n) is 15.9. The van der Waals surface area contributed by atoms with Crippen molar-refractivity contribution in [2.75, 3.05) is 19.6 Å². The predicted molar refractivity (Wildman–Crippen MR) is 111 cm³/mol. The van der Waals surface area contributed by atoms with Gasteiger partial charge in [0.1, 0.15) is 12.2 Å². The van der Waals surface area contributed by atoms with E-state index < -0.39 is 0 Å². The summed E-state index contributed by atoms with van der Waals surface area (Å²) in [5.41, 5.74) is 2.31. The summed E-state index contributed by atoms with van der Waals surface area (Å²) in [4.78, 5) is 28.4. The predicted octanol–water partition coefficient (Wildman–Crippen LogP) is 2.59. The van der Waals surface area contributed by atoms with Gasteiger partial charge in [-0.3, -0.25) is 14.5 Å². The molecule has 1 aromatic carbocycles. The largest absolute Gasteiger partial charge is 0.342 e. The second-order valence-corrected chi connectivity index (χ2v) is 6.72. The molecule has 3 rings (SSSR count). The van der Waals surface area contributed by atoms with E-state index in [2.05, 4.69) is 5.32 Å². The van der Waals surface area contributed by atoms with Gasteiger partial charge in [-0.05, 0) is 45.1 Å². The Kier molecular flexibility index (Phi) is 5.60. The lowest BCUT2D eigenvalue weighted by Crippen LogP contribution is -2.33. The van der Waals surface area contributed by atoms with Gasteiger partial charge in [0.05, 0.1) is 0 Å². The van der Waals surface area contributed by atoms with E-state index >= 15 is 0 Å². The van der Waals surface area contributed by atoms with E-state index in [9.17, 15) is 9.59 Å². The molecule has 7 heteroatoms. The maximum absolute atomic E-state index is 12.5. The van der Waals surface area contributed by atoms with E-state index in [-0.39, 0.29) is 18.4 Å². The molecule has 1 aromatic heterocycles.